The van der Waals surface area contributed by atoms with Crippen LogP contribution < -0.4 is 21.7 Å². The molecule has 0 unspecified atom stereocenters. The first kappa shape index (κ1) is 26.8. The van der Waals surface area contributed by atoms with Crippen LogP contribution in [0.2, 0.25) is 10.0 Å². The summed E-state index contributed by atoms with van der Waals surface area (Å²) in [5, 5.41) is 9.60. The van der Waals surface area contributed by atoms with E-state index in [1.54, 1.807) is 18.2 Å². The lowest BCUT2D eigenvalue weighted by molar-refractivity contribution is -0.131. The van der Waals surface area contributed by atoms with E-state index >= 15 is 0 Å². The zero-order valence-electron chi connectivity index (χ0n) is 20.0. The van der Waals surface area contributed by atoms with Crippen molar-refractivity contribution >= 4 is 57.7 Å². The zero-order chi connectivity index (χ0) is 25.9. The van der Waals surface area contributed by atoms with Crippen LogP contribution in [0.25, 0.3) is 10.9 Å². The fourth-order valence-electron chi connectivity index (χ4n) is 4.20. The van der Waals surface area contributed by atoms with Gasteiger partial charge in [-0.15, -0.1) is 0 Å². The molecule has 1 aromatic carbocycles. The Balaban J connectivity index is 1.77. The Morgan fingerprint density at radius 2 is 1.86 bits per heavy atom. The Labute approximate surface area is 213 Å². The highest BCUT2D eigenvalue weighted by atomic mass is 35.5. The summed E-state index contributed by atoms with van der Waals surface area (Å²) >= 11 is 12.3. The zero-order valence-corrected chi connectivity index (χ0v) is 21.5. The normalized spacial score (nSPS) is 18.0. The highest BCUT2D eigenvalue weighted by Gasteiger charge is 2.33. The van der Waals surface area contributed by atoms with Gasteiger partial charge in [0.1, 0.15) is 17.8 Å². The van der Waals surface area contributed by atoms with Crippen molar-refractivity contribution < 1.29 is 19.2 Å². The molecule has 2 aromatic rings. The number of piperidine rings is 1. The van der Waals surface area contributed by atoms with Crippen LogP contribution in [0, 0.1) is 11.3 Å². The van der Waals surface area contributed by atoms with Crippen LogP contribution >= 0.6 is 23.2 Å². The molecule has 0 radical (unpaired) electrons. The average molecular weight is 524 g/mol. The number of rotatable bonds is 8. The molecule has 1 saturated heterocycles. The van der Waals surface area contributed by atoms with Crippen LogP contribution in [0.15, 0.2) is 18.2 Å². The summed E-state index contributed by atoms with van der Waals surface area (Å²) in [6.07, 6.45) is 1.80. The molecule has 1 aliphatic heterocycles. The minimum atomic E-state index is -1.04. The number of aromatic amines is 1. The van der Waals surface area contributed by atoms with Gasteiger partial charge in [0.2, 0.25) is 17.7 Å². The number of amides is 4. The molecule has 2 heterocycles. The van der Waals surface area contributed by atoms with Gasteiger partial charge in [0.05, 0.1) is 5.02 Å². The summed E-state index contributed by atoms with van der Waals surface area (Å²) in [5.74, 6) is -2.38. The second-order valence-electron chi connectivity index (χ2n) is 10.2. The van der Waals surface area contributed by atoms with Crippen molar-refractivity contribution in [3.8, 4) is 0 Å². The number of fused-ring (bicyclic) bond motifs is 1. The van der Waals surface area contributed by atoms with Crippen molar-refractivity contribution in [1.29, 1.82) is 0 Å². The second kappa shape index (κ2) is 10.9. The monoisotopic (exact) mass is 523 g/mol. The highest BCUT2D eigenvalue weighted by molar-refractivity contribution is 6.38. The van der Waals surface area contributed by atoms with Gasteiger partial charge in [0.15, 0.2) is 0 Å². The third-order valence-electron chi connectivity index (χ3n) is 5.91. The molecule has 3 atom stereocenters. The molecule has 1 aliphatic rings. The van der Waals surface area contributed by atoms with Crippen LogP contribution in [0.1, 0.15) is 56.9 Å². The molecule has 11 heteroatoms. The first-order valence-corrected chi connectivity index (χ1v) is 12.3. The van der Waals surface area contributed by atoms with Gasteiger partial charge in [-0.2, -0.15) is 0 Å². The van der Waals surface area contributed by atoms with Crippen molar-refractivity contribution in [2.75, 3.05) is 6.54 Å². The fraction of sp³-hybridized carbons (Fsp3) is 0.500. The average Bonchev–Trinajstić information content (AvgIpc) is 3.17. The van der Waals surface area contributed by atoms with Gasteiger partial charge in [-0.3, -0.25) is 19.2 Å². The fourth-order valence-corrected chi connectivity index (χ4v) is 4.75. The predicted molar refractivity (Wildman–Crippen MR) is 135 cm³/mol. The van der Waals surface area contributed by atoms with Gasteiger partial charge >= 0.3 is 0 Å². The van der Waals surface area contributed by atoms with E-state index < -0.39 is 35.7 Å². The lowest BCUT2D eigenvalue weighted by Gasteiger charge is -2.29. The molecule has 0 spiro atoms. The maximum absolute atomic E-state index is 13.2. The van der Waals surface area contributed by atoms with Crippen LogP contribution in [-0.2, 0) is 14.4 Å². The van der Waals surface area contributed by atoms with Crippen molar-refractivity contribution in [3.63, 3.8) is 0 Å². The molecule has 0 bridgehead atoms. The van der Waals surface area contributed by atoms with E-state index in [0.29, 0.717) is 40.3 Å². The third kappa shape index (κ3) is 7.11. The number of carbonyl (C=O) groups is 4. The lowest BCUT2D eigenvalue weighted by Crippen LogP contribution is -2.55. The molecule has 1 aromatic heterocycles. The van der Waals surface area contributed by atoms with Gasteiger partial charge in [-0.05, 0) is 49.3 Å². The van der Waals surface area contributed by atoms with E-state index in [2.05, 4.69) is 20.9 Å². The number of benzene rings is 1. The summed E-state index contributed by atoms with van der Waals surface area (Å²) in [6, 6.07) is 2.83. The first-order valence-electron chi connectivity index (χ1n) is 11.5. The Morgan fingerprint density at radius 3 is 2.49 bits per heavy atom. The molecular weight excluding hydrogens is 493 g/mol. The number of primary amides is 1. The third-order valence-corrected chi connectivity index (χ3v) is 6.45. The van der Waals surface area contributed by atoms with Gasteiger partial charge in [-0.25, -0.2) is 0 Å². The largest absolute Gasteiger partial charge is 0.368 e. The molecule has 35 heavy (non-hydrogen) atoms. The van der Waals surface area contributed by atoms with Crippen LogP contribution in [0.5, 0.6) is 0 Å². The number of halogens is 2. The molecule has 3 rings (SSSR count). The van der Waals surface area contributed by atoms with E-state index in [9.17, 15) is 19.2 Å². The summed E-state index contributed by atoms with van der Waals surface area (Å²) in [5.41, 5.74) is 6.01. The summed E-state index contributed by atoms with van der Waals surface area (Å²) in [6.45, 7) is 6.39. The maximum Gasteiger partial charge on any atom is 0.268 e. The second-order valence-corrected chi connectivity index (χ2v) is 11.0. The number of aromatic nitrogens is 1. The smallest absolute Gasteiger partial charge is 0.268 e. The number of H-pyrrole nitrogens is 1. The van der Waals surface area contributed by atoms with E-state index in [-0.39, 0.29) is 23.4 Å². The summed E-state index contributed by atoms with van der Waals surface area (Å²) in [7, 11) is 0. The topological polar surface area (TPSA) is 146 Å². The standard InChI is InChI=1S/C24H31Cl2N5O4/c1-24(2,3)11-19(23(35)30-17(20(27)32)7-12-5-4-6-28-21(12)33)31-22(34)18-10-14-15(26)8-13(25)9-16(14)29-18/h8-10,12,17,19,29H,4-7,11H2,1-3H3,(H2,27,32)(H,28,33)(H,30,35)(H,31,34)/t12-,17-,19-/m0/s1. The molecule has 9 nitrogen and oxygen atoms in total. The van der Waals surface area contributed by atoms with Crippen molar-refractivity contribution in [3.05, 3.63) is 33.9 Å². The van der Waals surface area contributed by atoms with E-state index in [1.165, 1.54) is 0 Å². The van der Waals surface area contributed by atoms with Crippen molar-refractivity contribution in [1.82, 2.24) is 20.9 Å². The lowest BCUT2D eigenvalue weighted by atomic mass is 9.87. The minimum Gasteiger partial charge on any atom is -0.368 e. The van der Waals surface area contributed by atoms with E-state index in [0.717, 1.165) is 6.42 Å². The van der Waals surface area contributed by atoms with Crippen molar-refractivity contribution in [2.45, 2.75) is 58.5 Å². The van der Waals surface area contributed by atoms with Gasteiger partial charge in [-0.1, -0.05) is 44.0 Å². The predicted octanol–water partition coefficient (Wildman–Crippen LogP) is 2.90. The number of nitrogens with two attached hydrogens (primary N) is 1. The Hall–Kier alpha value is -2.78. The maximum atomic E-state index is 13.2. The van der Waals surface area contributed by atoms with Gasteiger partial charge in [0, 0.05) is 28.4 Å². The summed E-state index contributed by atoms with van der Waals surface area (Å²) < 4.78 is 0. The molecule has 0 saturated carbocycles. The minimum absolute atomic E-state index is 0.102. The number of carbonyl (C=O) groups excluding carboxylic acids is 4. The molecule has 0 aliphatic carbocycles. The van der Waals surface area contributed by atoms with Gasteiger partial charge in [0.25, 0.3) is 5.91 Å². The Bertz CT molecular complexity index is 1140. The van der Waals surface area contributed by atoms with Crippen molar-refractivity contribution in [2.24, 2.45) is 17.1 Å². The molecule has 190 valence electrons. The van der Waals surface area contributed by atoms with Crippen LogP contribution in [0.4, 0.5) is 0 Å². The molecular formula is C24H31Cl2N5O4. The van der Waals surface area contributed by atoms with E-state index in [1.807, 2.05) is 20.8 Å². The Kier molecular flexibility index (Phi) is 8.33. The Morgan fingerprint density at radius 1 is 1.14 bits per heavy atom. The number of nitrogens with one attached hydrogen (secondary N) is 4. The summed E-state index contributed by atoms with van der Waals surface area (Å²) in [4.78, 5) is 53.4. The van der Waals surface area contributed by atoms with Crippen LogP contribution in [-0.4, -0.2) is 47.2 Å². The molecule has 1 fully saturated rings. The molecule has 6 N–H and O–H groups in total. The molecule has 4 amide bonds. The van der Waals surface area contributed by atoms with Crippen LogP contribution in [0.3, 0.4) is 0 Å². The number of hydrogen-bond donors (Lipinski definition) is 5. The quantitative estimate of drug-likeness (QED) is 0.361. The van der Waals surface area contributed by atoms with E-state index in [4.69, 9.17) is 28.9 Å². The number of hydrogen-bond acceptors (Lipinski definition) is 4. The SMILES string of the molecule is CC(C)(C)C[C@H](NC(=O)c1cc2c(Cl)cc(Cl)cc2[nH]1)C(=O)N[C@@H](C[C@@H]1CCCNC1=O)C(N)=O. The highest BCUT2D eigenvalue weighted by Crippen LogP contribution is 2.29. The van der Waals surface area contributed by atoms with Gasteiger partial charge < -0.3 is 26.7 Å². The first-order chi connectivity index (χ1) is 16.3.